The lowest BCUT2D eigenvalue weighted by Gasteiger charge is -2.18. The molecule has 0 radical (unpaired) electrons. The van der Waals surface area contributed by atoms with Gasteiger partial charge in [0.15, 0.2) is 0 Å². The molecule has 166 valence electrons. The minimum atomic E-state index is -2.86. The number of ether oxygens (including phenoxy) is 1. The number of hydrogen-bond acceptors (Lipinski definition) is 5. The second-order valence-electron chi connectivity index (χ2n) is 7.72. The molecule has 3 rings (SSSR count). The van der Waals surface area contributed by atoms with Gasteiger partial charge in [0.2, 0.25) is 0 Å². The van der Waals surface area contributed by atoms with Crippen LogP contribution in [-0.4, -0.2) is 45.5 Å². The second kappa shape index (κ2) is 9.96. The first-order valence-electron chi connectivity index (χ1n) is 10.4. The standard InChI is InChI=1S/C23H28N2O5S/c1-2-3-13-31(24,29)14-12-21(22(26)27)25-23(28)30-15-20-18-10-6-4-8-16(18)17-9-5-7-11-19(17)20/h4-11,20-21,24H,2-3,12-15H2,1H3,(H,25,28)(H,26,27)/t21-,31+/m1/s1. The average molecular weight is 445 g/mol. The maximum Gasteiger partial charge on any atom is 0.407 e. The third-order valence-electron chi connectivity index (χ3n) is 5.50. The molecule has 2 atom stereocenters. The Hall–Kier alpha value is -2.87. The van der Waals surface area contributed by atoms with Gasteiger partial charge in [-0.3, -0.25) is 4.78 Å². The maximum absolute atomic E-state index is 12.3. The molecule has 3 N–H and O–H groups in total. The van der Waals surface area contributed by atoms with E-state index in [1.807, 2.05) is 55.5 Å². The average Bonchev–Trinajstić information content (AvgIpc) is 3.07. The molecule has 0 aliphatic heterocycles. The Morgan fingerprint density at radius 2 is 1.68 bits per heavy atom. The number of benzene rings is 2. The molecular weight excluding hydrogens is 416 g/mol. The lowest BCUT2D eigenvalue weighted by Crippen LogP contribution is -2.42. The SMILES string of the molecule is CCCC[S@](=N)(=O)CC[C@@H](NC(=O)OCC1c2ccccc2-c2ccccc21)C(=O)O. The van der Waals surface area contributed by atoms with E-state index in [0.717, 1.165) is 28.7 Å². The van der Waals surface area contributed by atoms with Crippen molar-refractivity contribution in [3.63, 3.8) is 0 Å². The second-order valence-corrected chi connectivity index (χ2v) is 10.2. The van der Waals surface area contributed by atoms with Gasteiger partial charge in [0.05, 0.1) is 0 Å². The van der Waals surface area contributed by atoms with Crippen LogP contribution in [0.1, 0.15) is 43.2 Å². The summed E-state index contributed by atoms with van der Waals surface area (Å²) in [6.07, 6.45) is 0.557. The molecule has 7 nitrogen and oxygen atoms in total. The van der Waals surface area contributed by atoms with Crippen LogP contribution >= 0.6 is 0 Å². The van der Waals surface area contributed by atoms with Crippen LogP contribution in [0.5, 0.6) is 0 Å². The van der Waals surface area contributed by atoms with Crippen molar-refractivity contribution in [2.24, 2.45) is 0 Å². The molecule has 0 unspecified atom stereocenters. The molecule has 8 heteroatoms. The number of fused-ring (bicyclic) bond motifs is 3. The highest BCUT2D eigenvalue weighted by Crippen LogP contribution is 2.44. The number of rotatable bonds is 10. The number of carboxylic acid groups (broad SMARTS) is 1. The number of carboxylic acids is 1. The summed E-state index contributed by atoms with van der Waals surface area (Å²) in [4.78, 5) is 23.8. The Labute approximate surface area is 182 Å². The van der Waals surface area contributed by atoms with Crippen LogP contribution < -0.4 is 5.32 Å². The summed E-state index contributed by atoms with van der Waals surface area (Å²) in [5.74, 6) is -1.20. The first-order chi connectivity index (χ1) is 14.8. The third-order valence-corrected chi connectivity index (χ3v) is 7.34. The van der Waals surface area contributed by atoms with Crippen molar-refractivity contribution in [3.05, 3.63) is 59.7 Å². The van der Waals surface area contributed by atoms with Crippen LogP contribution in [0, 0.1) is 4.78 Å². The van der Waals surface area contributed by atoms with Gasteiger partial charge in [-0.05, 0) is 35.1 Å². The summed E-state index contributed by atoms with van der Waals surface area (Å²) in [5.41, 5.74) is 4.34. The number of carbonyl (C=O) groups excluding carboxylic acids is 1. The van der Waals surface area contributed by atoms with Gasteiger partial charge in [0, 0.05) is 27.2 Å². The van der Waals surface area contributed by atoms with E-state index in [1.54, 1.807) is 0 Å². The maximum atomic E-state index is 12.3. The van der Waals surface area contributed by atoms with E-state index in [2.05, 4.69) is 5.32 Å². The van der Waals surface area contributed by atoms with E-state index in [1.165, 1.54) is 0 Å². The first-order valence-corrected chi connectivity index (χ1v) is 12.3. The van der Waals surface area contributed by atoms with E-state index in [-0.39, 0.29) is 30.5 Å². The van der Waals surface area contributed by atoms with Crippen LogP contribution in [0.4, 0.5) is 4.79 Å². The molecular formula is C23H28N2O5S. The fraction of sp³-hybridized carbons (Fsp3) is 0.391. The number of hydrogen-bond donors (Lipinski definition) is 3. The van der Waals surface area contributed by atoms with Gasteiger partial charge in [-0.2, -0.15) is 0 Å². The highest BCUT2D eigenvalue weighted by Gasteiger charge is 2.30. The van der Waals surface area contributed by atoms with Crippen molar-refractivity contribution in [2.75, 3.05) is 18.1 Å². The molecule has 0 heterocycles. The Morgan fingerprint density at radius 3 is 2.23 bits per heavy atom. The van der Waals surface area contributed by atoms with Crippen LogP contribution in [-0.2, 0) is 19.3 Å². The summed E-state index contributed by atoms with van der Waals surface area (Å²) in [6, 6.07) is 14.6. The van der Waals surface area contributed by atoms with Crippen molar-refractivity contribution < 1.29 is 23.6 Å². The first kappa shape index (κ1) is 22.8. The van der Waals surface area contributed by atoms with Gasteiger partial charge in [0.25, 0.3) is 0 Å². The van der Waals surface area contributed by atoms with E-state index in [9.17, 15) is 18.9 Å². The van der Waals surface area contributed by atoms with E-state index < -0.39 is 27.8 Å². The summed E-state index contributed by atoms with van der Waals surface area (Å²) >= 11 is 0. The molecule has 0 saturated heterocycles. The molecule has 31 heavy (non-hydrogen) atoms. The molecule has 0 aromatic heterocycles. The minimum Gasteiger partial charge on any atom is -0.480 e. The fourth-order valence-electron chi connectivity index (χ4n) is 3.83. The monoisotopic (exact) mass is 444 g/mol. The van der Waals surface area contributed by atoms with Gasteiger partial charge < -0.3 is 15.2 Å². The van der Waals surface area contributed by atoms with Crippen molar-refractivity contribution in [2.45, 2.75) is 38.1 Å². The molecule has 0 saturated carbocycles. The Morgan fingerprint density at radius 1 is 1.10 bits per heavy atom. The summed E-state index contributed by atoms with van der Waals surface area (Å²) in [5, 5.41) is 11.8. The van der Waals surface area contributed by atoms with Crippen LogP contribution in [0.15, 0.2) is 48.5 Å². The molecule has 1 aliphatic carbocycles. The van der Waals surface area contributed by atoms with Gasteiger partial charge in [-0.25, -0.2) is 13.8 Å². The highest BCUT2D eigenvalue weighted by atomic mass is 32.2. The molecule has 2 aromatic rings. The van der Waals surface area contributed by atoms with Gasteiger partial charge in [0.1, 0.15) is 12.6 Å². The number of carbonyl (C=O) groups is 2. The lowest BCUT2D eigenvalue weighted by molar-refractivity contribution is -0.139. The van der Waals surface area contributed by atoms with Crippen molar-refractivity contribution in [1.29, 1.82) is 4.78 Å². The summed E-state index contributed by atoms with van der Waals surface area (Å²) < 4.78 is 25.5. The van der Waals surface area contributed by atoms with Gasteiger partial charge >= 0.3 is 12.1 Å². The van der Waals surface area contributed by atoms with Crippen molar-refractivity contribution >= 4 is 21.8 Å². The summed E-state index contributed by atoms with van der Waals surface area (Å²) in [6.45, 7) is 2.02. The number of amides is 1. The number of nitrogens with one attached hydrogen (secondary N) is 2. The topological polar surface area (TPSA) is 117 Å². The van der Waals surface area contributed by atoms with Crippen molar-refractivity contribution in [1.82, 2.24) is 5.32 Å². The highest BCUT2D eigenvalue weighted by molar-refractivity contribution is 7.92. The quantitative estimate of drug-likeness (QED) is 0.507. The zero-order valence-corrected chi connectivity index (χ0v) is 18.3. The normalized spacial score (nSPS) is 15.4. The zero-order chi connectivity index (χ0) is 22.4. The molecule has 2 aromatic carbocycles. The Bertz CT molecular complexity index is 1010. The zero-order valence-electron chi connectivity index (χ0n) is 17.5. The molecule has 1 amide bonds. The van der Waals surface area contributed by atoms with E-state index in [0.29, 0.717) is 6.42 Å². The third kappa shape index (κ3) is 5.64. The number of unbranched alkanes of at least 4 members (excludes halogenated alkanes) is 1. The largest absolute Gasteiger partial charge is 0.480 e. The van der Waals surface area contributed by atoms with Crippen LogP contribution in [0.3, 0.4) is 0 Å². The predicted molar refractivity (Wildman–Crippen MR) is 120 cm³/mol. The lowest BCUT2D eigenvalue weighted by atomic mass is 9.98. The Balaban J connectivity index is 1.60. The summed E-state index contributed by atoms with van der Waals surface area (Å²) in [7, 11) is -2.86. The molecule has 0 spiro atoms. The van der Waals surface area contributed by atoms with Gasteiger partial charge in [-0.1, -0.05) is 61.9 Å². The fourth-order valence-corrected chi connectivity index (χ4v) is 5.40. The van der Waals surface area contributed by atoms with Gasteiger partial charge in [-0.15, -0.1) is 0 Å². The van der Waals surface area contributed by atoms with E-state index >= 15 is 0 Å². The molecule has 0 bridgehead atoms. The Kier molecular flexibility index (Phi) is 7.33. The number of aliphatic carboxylic acids is 1. The number of alkyl carbamates (subject to hydrolysis) is 1. The molecule has 0 fully saturated rings. The molecule has 1 aliphatic rings. The minimum absolute atomic E-state index is 0.0758. The van der Waals surface area contributed by atoms with Crippen LogP contribution in [0.2, 0.25) is 0 Å². The van der Waals surface area contributed by atoms with E-state index in [4.69, 9.17) is 9.52 Å². The predicted octanol–water partition coefficient (Wildman–Crippen LogP) is 4.22. The smallest absolute Gasteiger partial charge is 0.407 e. The van der Waals surface area contributed by atoms with Crippen LogP contribution in [0.25, 0.3) is 11.1 Å². The van der Waals surface area contributed by atoms with Crippen molar-refractivity contribution in [3.8, 4) is 11.1 Å².